The molecular formula is C16H28N2OSi. The minimum absolute atomic E-state index is 0.197. The minimum Gasteiger partial charge on any atom is -0.544 e. The van der Waals surface area contributed by atoms with Gasteiger partial charge in [-0.25, -0.2) is 0 Å². The first-order chi connectivity index (χ1) is 9.20. The highest BCUT2D eigenvalue weighted by Crippen LogP contribution is 2.37. The van der Waals surface area contributed by atoms with Crippen molar-refractivity contribution in [1.82, 2.24) is 0 Å². The number of nitrogens with zero attached hydrogens (tertiary/aromatic N) is 2. The van der Waals surface area contributed by atoms with Crippen molar-refractivity contribution < 1.29 is 4.43 Å². The van der Waals surface area contributed by atoms with Crippen LogP contribution >= 0.6 is 0 Å². The number of unbranched alkanes of at least 4 members (excludes halogenated alkanes) is 2. The van der Waals surface area contributed by atoms with Crippen molar-refractivity contribution in [3.63, 3.8) is 0 Å². The first-order valence-electron chi connectivity index (χ1n) is 7.13. The lowest BCUT2D eigenvalue weighted by molar-refractivity contribution is 0.401. The lowest BCUT2D eigenvalue weighted by Crippen LogP contribution is -2.40. The molecule has 0 aromatic heterocycles. The second kappa shape index (κ2) is 8.75. The maximum atomic E-state index is 8.29. The molecule has 0 atom stereocenters. The molecule has 0 aromatic rings. The molecule has 0 aliphatic heterocycles. The standard InChI is InChI=1S/C16H28N2OSi/c1-15(19-20(5,6)16(2,3)4)11-9-7-8-10-13-18-14-12-17/h9,11,14H,1,7-8,10,13H2,2-6H3/b11-9+,18-14?. The molecule has 0 amide bonds. The quantitative estimate of drug-likeness (QED) is 0.211. The van der Waals surface area contributed by atoms with Crippen LogP contribution < -0.4 is 0 Å². The van der Waals surface area contributed by atoms with Gasteiger partial charge < -0.3 is 4.43 Å². The fourth-order valence-electron chi connectivity index (χ4n) is 1.30. The second-order valence-corrected chi connectivity index (χ2v) is 11.1. The third-order valence-corrected chi connectivity index (χ3v) is 7.94. The Labute approximate surface area is 125 Å². The molecule has 0 bridgehead atoms. The predicted octanol–water partition coefficient (Wildman–Crippen LogP) is 4.84. The summed E-state index contributed by atoms with van der Waals surface area (Å²) >= 11 is 0. The van der Waals surface area contributed by atoms with E-state index >= 15 is 0 Å². The van der Waals surface area contributed by atoms with Crippen LogP contribution in [0.2, 0.25) is 18.1 Å². The molecule has 0 unspecified atom stereocenters. The zero-order valence-corrected chi connectivity index (χ0v) is 14.6. The van der Waals surface area contributed by atoms with Crippen LogP contribution in [-0.2, 0) is 4.43 Å². The fraction of sp³-hybridized carbons (Fsp3) is 0.625. The molecule has 0 aliphatic carbocycles. The van der Waals surface area contributed by atoms with Gasteiger partial charge in [-0.15, -0.1) is 0 Å². The minimum atomic E-state index is -1.76. The van der Waals surface area contributed by atoms with E-state index in [0.717, 1.165) is 31.6 Å². The van der Waals surface area contributed by atoms with Gasteiger partial charge in [0.15, 0.2) is 0 Å². The van der Waals surface area contributed by atoms with Gasteiger partial charge in [-0.2, -0.15) is 5.26 Å². The van der Waals surface area contributed by atoms with Gasteiger partial charge in [0.25, 0.3) is 0 Å². The van der Waals surface area contributed by atoms with Crippen LogP contribution in [0.1, 0.15) is 40.0 Å². The van der Waals surface area contributed by atoms with Crippen molar-refractivity contribution in [2.45, 2.75) is 58.2 Å². The lowest BCUT2D eigenvalue weighted by atomic mass is 10.2. The SMILES string of the molecule is C=C(/C=C/CCCCN=CC#N)O[Si](C)(C)C(C)(C)C. The van der Waals surface area contributed by atoms with Gasteiger partial charge in [0.2, 0.25) is 8.32 Å². The molecule has 20 heavy (non-hydrogen) atoms. The monoisotopic (exact) mass is 292 g/mol. The normalized spacial score (nSPS) is 12.8. The van der Waals surface area contributed by atoms with Crippen molar-refractivity contribution in [3.05, 3.63) is 24.5 Å². The lowest BCUT2D eigenvalue weighted by Gasteiger charge is -2.36. The Morgan fingerprint density at radius 2 is 2.00 bits per heavy atom. The number of hydrogen-bond donors (Lipinski definition) is 0. The molecule has 4 heteroatoms. The van der Waals surface area contributed by atoms with Gasteiger partial charge in [-0.3, -0.25) is 4.99 Å². The molecule has 0 saturated heterocycles. The van der Waals surface area contributed by atoms with Gasteiger partial charge in [0.05, 0.1) is 12.0 Å². The molecular weight excluding hydrogens is 264 g/mol. The highest BCUT2D eigenvalue weighted by atomic mass is 28.4. The molecule has 0 spiro atoms. The highest BCUT2D eigenvalue weighted by molar-refractivity contribution is 6.74. The average molecular weight is 292 g/mol. The van der Waals surface area contributed by atoms with Crippen molar-refractivity contribution >= 4 is 14.5 Å². The molecule has 3 nitrogen and oxygen atoms in total. The maximum Gasteiger partial charge on any atom is 0.250 e. The Morgan fingerprint density at radius 3 is 2.55 bits per heavy atom. The zero-order chi connectivity index (χ0) is 15.6. The number of nitriles is 1. The average Bonchev–Trinajstić information content (AvgIpc) is 2.30. The number of hydrogen-bond acceptors (Lipinski definition) is 3. The van der Waals surface area contributed by atoms with E-state index in [1.165, 1.54) is 6.21 Å². The van der Waals surface area contributed by atoms with E-state index in [0.29, 0.717) is 0 Å². The Hall–Kier alpha value is -1.34. The van der Waals surface area contributed by atoms with Crippen LogP contribution in [0.15, 0.2) is 29.5 Å². The third-order valence-electron chi connectivity index (χ3n) is 3.55. The first kappa shape index (κ1) is 18.7. The van der Waals surface area contributed by atoms with E-state index in [9.17, 15) is 0 Å². The molecule has 0 radical (unpaired) electrons. The van der Waals surface area contributed by atoms with Crippen molar-refractivity contribution in [3.8, 4) is 6.07 Å². The zero-order valence-electron chi connectivity index (χ0n) is 13.6. The predicted molar refractivity (Wildman–Crippen MR) is 89.4 cm³/mol. The largest absolute Gasteiger partial charge is 0.544 e. The van der Waals surface area contributed by atoms with Crippen LogP contribution in [0, 0.1) is 11.3 Å². The molecule has 0 heterocycles. The third kappa shape index (κ3) is 7.95. The van der Waals surface area contributed by atoms with Crippen molar-refractivity contribution in [1.29, 1.82) is 5.26 Å². The topological polar surface area (TPSA) is 45.4 Å². The molecule has 0 N–H and O–H groups in total. The summed E-state index contributed by atoms with van der Waals surface area (Å²) in [5.74, 6) is 0.763. The van der Waals surface area contributed by atoms with Crippen LogP contribution in [0.3, 0.4) is 0 Å². The number of allylic oxidation sites excluding steroid dienone is 2. The van der Waals surface area contributed by atoms with Crippen LogP contribution in [-0.4, -0.2) is 21.1 Å². The van der Waals surface area contributed by atoms with E-state index in [4.69, 9.17) is 9.69 Å². The van der Waals surface area contributed by atoms with Gasteiger partial charge in [0.1, 0.15) is 6.07 Å². The fourth-order valence-corrected chi connectivity index (χ4v) is 2.33. The highest BCUT2D eigenvalue weighted by Gasteiger charge is 2.38. The summed E-state index contributed by atoms with van der Waals surface area (Å²) < 4.78 is 6.06. The number of aliphatic imine (C=N–C) groups is 1. The molecule has 0 rings (SSSR count). The van der Waals surface area contributed by atoms with Gasteiger partial charge in [-0.1, -0.05) is 33.4 Å². The van der Waals surface area contributed by atoms with Gasteiger partial charge in [0, 0.05) is 6.54 Å². The number of rotatable bonds is 8. The molecule has 0 fully saturated rings. The van der Waals surface area contributed by atoms with Crippen molar-refractivity contribution in [2.75, 3.05) is 6.54 Å². The van der Waals surface area contributed by atoms with Crippen molar-refractivity contribution in [2.24, 2.45) is 4.99 Å². The van der Waals surface area contributed by atoms with E-state index in [1.54, 1.807) is 0 Å². The molecule has 0 aromatic carbocycles. The summed E-state index contributed by atoms with van der Waals surface area (Å²) in [4.78, 5) is 3.95. The van der Waals surface area contributed by atoms with E-state index in [2.05, 4.69) is 51.5 Å². The maximum absolute atomic E-state index is 8.29. The molecule has 112 valence electrons. The summed E-state index contributed by atoms with van der Waals surface area (Å²) in [6.07, 6.45) is 8.42. The Balaban J connectivity index is 3.96. The van der Waals surface area contributed by atoms with E-state index in [-0.39, 0.29) is 5.04 Å². The summed E-state index contributed by atoms with van der Waals surface area (Å²) in [5, 5.41) is 8.48. The van der Waals surface area contributed by atoms with Crippen LogP contribution in [0.4, 0.5) is 0 Å². The van der Waals surface area contributed by atoms with Gasteiger partial charge in [-0.05, 0) is 43.5 Å². The molecule has 0 aliphatic rings. The van der Waals surface area contributed by atoms with Gasteiger partial charge >= 0.3 is 0 Å². The molecule has 0 saturated carbocycles. The smallest absolute Gasteiger partial charge is 0.250 e. The van der Waals surface area contributed by atoms with Crippen LogP contribution in [0.25, 0.3) is 0 Å². The van der Waals surface area contributed by atoms with E-state index in [1.807, 2.05) is 12.1 Å². The Kier molecular flexibility index (Phi) is 8.17. The summed E-state index contributed by atoms with van der Waals surface area (Å²) in [7, 11) is -1.76. The summed E-state index contributed by atoms with van der Waals surface area (Å²) in [5.41, 5.74) is 0. The Morgan fingerprint density at radius 1 is 1.35 bits per heavy atom. The Bertz CT molecular complexity index is 398. The van der Waals surface area contributed by atoms with Crippen LogP contribution in [0.5, 0.6) is 0 Å². The summed E-state index contributed by atoms with van der Waals surface area (Å²) in [6.45, 7) is 15.8. The first-order valence-corrected chi connectivity index (χ1v) is 10.0. The summed E-state index contributed by atoms with van der Waals surface area (Å²) in [6, 6.07) is 1.89. The second-order valence-electron chi connectivity index (χ2n) is 6.39. The van der Waals surface area contributed by atoms with E-state index < -0.39 is 8.32 Å².